The van der Waals surface area contributed by atoms with Gasteiger partial charge in [0.05, 0.1) is 30.7 Å². The van der Waals surface area contributed by atoms with Crippen LogP contribution in [-0.2, 0) is 17.0 Å². The first kappa shape index (κ1) is 31.0. The van der Waals surface area contributed by atoms with Crippen molar-refractivity contribution in [2.75, 3.05) is 24.9 Å². The van der Waals surface area contributed by atoms with Gasteiger partial charge < -0.3 is 19.9 Å². The number of ether oxygens (including phenoxy) is 2. The second kappa shape index (κ2) is 10.9. The molecule has 0 aliphatic rings. The number of alkyl halides is 9. The van der Waals surface area contributed by atoms with Crippen LogP contribution in [0, 0.1) is 0 Å². The second-order valence-electron chi connectivity index (χ2n) is 7.42. The van der Waals surface area contributed by atoms with Gasteiger partial charge in [-0.2, -0.15) is 35.1 Å². The quantitative estimate of drug-likeness (QED) is 0.278. The standard InChI is InChI=1S/C21H16BrF9N2O5/c1-37-8-9-6-10(18(23,20(26,27)28)19(24,25)21(29,30)31)7-12(22)14(9)33-16(34)11-4-3-5-13(15(11)38-2)32-17(35)36/h3-7,32H,8H2,1-2H3,(H,33,34)(H,35,36). The van der Waals surface area contributed by atoms with Gasteiger partial charge in [-0.25, -0.2) is 9.18 Å². The number of carboxylic acid groups (broad SMARTS) is 1. The molecule has 2 aromatic rings. The van der Waals surface area contributed by atoms with Crippen molar-refractivity contribution in [3.8, 4) is 5.75 Å². The molecule has 0 saturated heterocycles. The number of benzene rings is 2. The number of para-hydroxylation sites is 1. The van der Waals surface area contributed by atoms with E-state index in [4.69, 9.17) is 14.6 Å². The third-order valence-electron chi connectivity index (χ3n) is 4.99. The Balaban J connectivity index is 2.69. The van der Waals surface area contributed by atoms with E-state index in [9.17, 15) is 49.1 Å². The van der Waals surface area contributed by atoms with E-state index >= 15 is 0 Å². The Kier molecular flexibility index (Phi) is 8.88. The fraction of sp³-hybridized carbons (Fsp3) is 0.333. The minimum atomic E-state index is -6.93. The highest BCUT2D eigenvalue weighted by atomic mass is 79.9. The van der Waals surface area contributed by atoms with Crippen LogP contribution in [0.25, 0.3) is 0 Å². The van der Waals surface area contributed by atoms with Crippen molar-refractivity contribution in [2.45, 2.75) is 30.6 Å². The summed E-state index contributed by atoms with van der Waals surface area (Å²) in [5.41, 5.74) is -9.93. The molecule has 0 aliphatic heterocycles. The first-order valence-corrected chi connectivity index (χ1v) is 10.6. The third-order valence-corrected chi connectivity index (χ3v) is 5.62. The number of methoxy groups -OCH3 is 2. The number of anilines is 2. The molecule has 0 saturated carbocycles. The highest BCUT2D eigenvalue weighted by Crippen LogP contribution is 2.58. The third kappa shape index (κ3) is 5.62. The number of nitrogens with one attached hydrogen (secondary N) is 2. The Morgan fingerprint density at radius 2 is 1.55 bits per heavy atom. The Morgan fingerprint density at radius 1 is 0.947 bits per heavy atom. The molecule has 1 atom stereocenters. The van der Waals surface area contributed by atoms with E-state index in [1.807, 2.05) is 5.32 Å². The number of carbonyl (C=O) groups excluding carboxylic acids is 1. The van der Waals surface area contributed by atoms with Crippen LogP contribution in [0.2, 0.25) is 0 Å². The van der Waals surface area contributed by atoms with Crippen LogP contribution in [0.5, 0.6) is 5.75 Å². The lowest BCUT2D eigenvalue weighted by Gasteiger charge is -2.36. The van der Waals surface area contributed by atoms with E-state index in [0.717, 1.165) is 20.3 Å². The minimum absolute atomic E-state index is 0.0154. The molecule has 0 aromatic heterocycles. The van der Waals surface area contributed by atoms with E-state index in [1.54, 1.807) is 0 Å². The van der Waals surface area contributed by atoms with Crippen LogP contribution in [0.3, 0.4) is 0 Å². The van der Waals surface area contributed by atoms with Crippen molar-refractivity contribution < 1.29 is 63.7 Å². The van der Waals surface area contributed by atoms with Crippen molar-refractivity contribution in [3.63, 3.8) is 0 Å². The van der Waals surface area contributed by atoms with Gasteiger partial charge in [-0.15, -0.1) is 0 Å². The Bertz CT molecular complexity index is 1220. The zero-order valence-corrected chi connectivity index (χ0v) is 20.5. The first-order valence-electron chi connectivity index (χ1n) is 9.83. The predicted molar refractivity (Wildman–Crippen MR) is 117 cm³/mol. The number of hydrogen-bond donors (Lipinski definition) is 3. The molecule has 0 fully saturated rings. The van der Waals surface area contributed by atoms with Gasteiger partial charge in [0.2, 0.25) is 0 Å². The maximum absolute atomic E-state index is 15.0. The molecular weight excluding hydrogens is 611 g/mol. The summed E-state index contributed by atoms with van der Waals surface area (Å²) >= 11 is 2.68. The lowest BCUT2D eigenvalue weighted by molar-refractivity contribution is -0.389. The highest BCUT2D eigenvalue weighted by Gasteiger charge is 2.81. The van der Waals surface area contributed by atoms with E-state index in [0.29, 0.717) is 0 Å². The molecule has 0 bridgehead atoms. The molecule has 1 unspecified atom stereocenters. The summed E-state index contributed by atoms with van der Waals surface area (Å²) < 4.78 is 131. The van der Waals surface area contributed by atoms with Crippen molar-refractivity contribution >= 4 is 39.3 Å². The maximum Gasteiger partial charge on any atom is 0.457 e. The monoisotopic (exact) mass is 626 g/mol. The largest absolute Gasteiger partial charge is 0.494 e. The Hall–Kier alpha value is -3.21. The molecular formula is C21H16BrF9N2O5. The van der Waals surface area contributed by atoms with Gasteiger partial charge in [-0.3, -0.25) is 10.1 Å². The summed E-state index contributed by atoms with van der Waals surface area (Å²) in [6.45, 7) is -0.772. The molecule has 2 rings (SSSR count). The van der Waals surface area contributed by atoms with Gasteiger partial charge in [0, 0.05) is 22.7 Å². The van der Waals surface area contributed by atoms with Gasteiger partial charge >= 0.3 is 30.0 Å². The number of rotatable bonds is 8. The van der Waals surface area contributed by atoms with E-state index in [-0.39, 0.29) is 29.1 Å². The summed E-state index contributed by atoms with van der Waals surface area (Å²) in [5.74, 6) is -8.28. The summed E-state index contributed by atoms with van der Waals surface area (Å²) in [6.07, 6.45) is -15.2. The summed E-state index contributed by atoms with van der Waals surface area (Å²) in [6, 6.07) is 3.68. The van der Waals surface area contributed by atoms with Crippen molar-refractivity contribution in [3.05, 3.63) is 51.5 Å². The lowest BCUT2D eigenvalue weighted by Crippen LogP contribution is -2.59. The highest BCUT2D eigenvalue weighted by molar-refractivity contribution is 9.10. The van der Waals surface area contributed by atoms with Gasteiger partial charge in [0.15, 0.2) is 5.75 Å². The Labute approximate surface area is 216 Å². The average molecular weight is 627 g/mol. The number of hydrogen-bond acceptors (Lipinski definition) is 4. The van der Waals surface area contributed by atoms with Crippen LogP contribution >= 0.6 is 15.9 Å². The summed E-state index contributed by atoms with van der Waals surface area (Å²) in [7, 11) is 2.06. The smallest absolute Gasteiger partial charge is 0.457 e. The normalized spacial score (nSPS) is 14.0. The van der Waals surface area contributed by atoms with Crippen LogP contribution in [0.4, 0.5) is 55.7 Å². The number of amides is 2. The molecule has 0 spiro atoms. The zero-order valence-electron chi connectivity index (χ0n) is 19.0. The predicted octanol–water partition coefficient (Wildman–Crippen LogP) is 6.87. The van der Waals surface area contributed by atoms with Crippen molar-refractivity contribution in [1.82, 2.24) is 0 Å². The molecule has 3 N–H and O–H groups in total. The van der Waals surface area contributed by atoms with Crippen LogP contribution in [0.1, 0.15) is 21.5 Å². The van der Waals surface area contributed by atoms with Gasteiger partial charge in [-0.05, 0) is 40.2 Å². The summed E-state index contributed by atoms with van der Waals surface area (Å²) in [5, 5.41) is 13.1. The minimum Gasteiger partial charge on any atom is -0.494 e. The molecule has 17 heteroatoms. The second-order valence-corrected chi connectivity index (χ2v) is 8.28. The van der Waals surface area contributed by atoms with E-state index < -0.39 is 63.8 Å². The molecule has 7 nitrogen and oxygen atoms in total. The molecule has 2 amide bonds. The Morgan fingerprint density at radius 3 is 2.03 bits per heavy atom. The van der Waals surface area contributed by atoms with E-state index in [2.05, 4.69) is 21.2 Å². The van der Waals surface area contributed by atoms with Crippen LogP contribution < -0.4 is 15.4 Å². The van der Waals surface area contributed by atoms with Gasteiger partial charge in [-0.1, -0.05) is 6.07 Å². The first-order chi connectivity index (χ1) is 17.3. The van der Waals surface area contributed by atoms with Crippen molar-refractivity contribution in [2.24, 2.45) is 0 Å². The lowest BCUT2D eigenvalue weighted by atomic mass is 9.86. The summed E-state index contributed by atoms with van der Waals surface area (Å²) in [4.78, 5) is 23.9. The molecule has 210 valence electrons. The SMILES string of the molecule is COCc1cc(C(F)(C(F)(F)F)C(F)(F)C(F)(F)F)cc(Br)c1NC(=O)c1cccc(NC(=O)O)c1OC. The number of halogens is 10. The average Bonchev–Trinajstić information content (AvgIpc) is 2.78. The number of carbonyl (C=O) groups is 2. The zero-order chi connectivity index (χ0) is 29.3. The molecule has 0 heterocycles. The van der Waals surface area contributed by atoms with Crippen molar-refractivity contribution in [1.29, 1.82) is 0 Å². The topological polar surface area (TPSA) is 96.9 Å². The fourth-order valence-electron chi connectivity index (χ4n) is 3.32. The molecule has 2 aromatic carbocycles. The maximum atomic E-state index is 15.0. The fourth-order valence-corrected chi connectivity index (χ4v) is 3.92. The molecule has 0 radical (unpaired) electrons. The molecule has 38 heavy (non-hydrogen) atoms. The van der Waals surface area contributed by atoms with Crippen LogP contribution in [-0.4, -0.2) is 49.6 Å². The van der Waals surface area contributed by atoms with Gasteiger partial charge in [0.1, 0.15) is 0 Å². The van der Waals surface area contributed by atoms with Crippen LogP contribution in [0.15, 0.2) is 34.8 Å². The van der Waals surface area contributed by atoms with Gasteiger partial charge in [0.25, 0.3) is 5.91 Å². The van der Waals surface area contributed by atoms with E-state index in [1.165, 1.54) is 12.1 Å². The molecule has 0 aliphatic carbocycles.